The molecule has 0 fully saturated rings. The molecular formula is C16H18BrN3O. The minimum absolute atomic E-state index is 0.0175. The number of rotatable bonds is 3. The molecule has 1 atom stereocenters. The Hall–Kier alpha value is -1.85. The van der Waals surface area contributed by atoms with Crippen molar-refractivity contribution in [2.75, 3.05) is 10.6 Å². The lowest BCUT2D eigenvalue weighted by Gasteiger charge is -2.11. The molecule has 0 heterocycles. The number of hydrogen-bond acceptors (Lipinski definition) is 2. The molecule has 110 valence electrons. The van der Waals surface area contributed by atoms with Gasteiger partial charge in [-0.05, 0) is 65.2 Å². The first-order chi connectivity index (χ1) is 9.95. The summed E-state index contributed by atoms with van der Waals surface area (Å²) in [6.45, 7) is 3.90. The fraction of sp³-hybridized carbons (Fsp3) is 0.188. The molecule has 0 aliphatic rings. The lowest BCUT2D eigenvalue weighted by Crippen LogP contribution is -2.19. The molecule has 0 spiro atoms. The minimum atomic E-state index is -0.283. The lowest BCUT2D eigenvalue weighted by atomic mass is 10.1. The molecule has 2 aromatic rings. The number of nitrogens with one attached hydrogen (secondary N) is 2. The Labute approximate surface area is 132 Å². The van der Waals surface area contributed by atoms with E-state index < -0.39 is 0 Å². The van der Waals surface area contributed by atoms with Crippen LogP contribution < -0.4 is 16.4 Å². The molecule has 0 aliphatic heterocycles. The van der Waals surface area contributed by atoms with Crippen LogP contribution in [0.1, 0.15) is 24.1 Å². The molecule has 2 rings (SSSR count). The summed E-state index contributed by atoms with van der Waals surface area (Å²) in [6, 6.07) is 13.0. The second kappa shape index (κ2) is 6.74. The van der Waals surface area contributed by atoms with E-state index in [2.05, 4.69) is 26.6 Å². The predicted octanol–water partition coefficient (Wildman–Crippen LogP) is 4.42. The third-order valence-electron chi connectivity index (χ3n) is 3.06. The van der Waals surface area contributed by atoms with Crippen molar-refractivity contribution in [2.45, 2.75) is 19.9 Å². The Balaban J connectivity index is 2.03. The van der Waals surface area contributed by atoms with Crippen molar-refractivity contribution in [2.24, 2.45) is 5.73 Å². The SMILES string of the molecule is Cc1ccc(Br)c(NC(=O)Nc2ccc(C(C)N)cc2)c1. The van der Waals surface area contributed by atoms with Crippen LogP contribution in [0.4, 0.5) is 16.2 Å². The van der Waals surface area contributed by atoms with Crippen molar-refractivity contribution in [1.29, 1.82) is 0 Å². The molecule has 0 saturated heterocycles. The van der Waals surface area contributed by atoms with Crippen molar-refractivity contribution in [3.63, 3.8) is 0 Å². The third kappa shape index (κ3) is 4.31. The summed E-state index contributed by atoms with van der Waals surface area (Å²) in [6.07, 6.45) is 0. The van der Waals surface area contributed by atoms with E-state index in [1.807, 2.05) is 56.3 Å². The van der Waals surface area contributed by atoms with Crippen molar-refractivity contribution in [3.05, 3.63) is 58.1 Å². The maximum absolute atomic E-state index is 12.0. The fourth-order valence-electron chi connectivity index (χ4n) is 1.89. The number of carbonyl (C=O) groups is 1. The lowest BCUT2D eigenvalue weighted by molar-refractivity contribution is 0.262. The van der Waals surface area contributed by atoms with Gasteiger partial charge in [-0.15, -0.1) is 0 Å². The summed E-state index contributed by atoms with van der Waals surface area (Å²) in [7, 11) is 0. The summed E-state index contributed by atoms with van der Waals surface area (Å²) < 4.78 is 0.843. The van der Waals surface area contributed by atoms with Gasteiger partial charge < -0.3 is 16.4 Å². The molecule has 0 aliphatic carbocycles. The van der Waals surface area contributed by atoms with Gasteiger partial charge in [0.05, 0.1) is 5.69 Å². The van der Waals surface area contributed by atoms with Crippen LogP contribution in [0.5, 0.6) is 0 Å². The van der Waals surface area contributed by atoms with Gasteiger partial charge in [-0.2, -0.15) is 0 Å². The number of aryl methyl sites for hydroxylation is 1. The standard InChI is InChI=1S/C16H18BrN3O/c1-10-3-8-14(17)15(9-10)20-16(21)19-13-6-4-12(5-7-13)11(2)18/h3-9,11H,18H2,1-2H3,(H2,19,20,21). The van der Waals surface area contributed by atoms with Gasteiger partial charge in [-0.3, -0.25) is 0 Å². The molecule has 1 unspecified atom stereocenters. The zero-order chi connectivity index (χ0) is 15.4. The minimum Gasteiger partial charge on any atom is -0.324 e. The number of urea groups is 1. The molecule has 2 aromatic carbocycles. The zero-order valence-electron chi connectivity index (χ0n) is 12.0. The summed E-state index contributed by atoms with van der Waals surface area (Å²) in [4.78, 5) is 12.0. The topological polar surface area (TPSA) is 67.2 Å². The smallest absolute Gasteiger partial charge is 0.323 e. The van der Waals surface area contributed by atoms with Crippen LogP contribution in [0.2, 0.25) is 0 Å². The molecule has 0 radical (unpaired) electrons. The fourth-order valence-corrected chi connectivity index (χ4v) is 2.24. The Morgan fingerprint density at radius 1 is 1.14 bits per heavy atom. The van der Waals surface area contributed by atoms with E-state index in [-0.39, 0.29) is 12.1 Å². The molecular weight excluding hydrogens is 330 g/mol. The molecule has 21 heavy (non-hydrogen) atoms. The van der Waals surface area contributed by atoms with E-state index in [0.717, 1.165) is 27.0 Å². The van der Waals surface area contributed by atoms with Crippen LogP contribution in [0.15, 0.2) is 46.9 Å². The van der Waals surface area contributed by atoms with Gasteiger partial charge in [0.1, 0.15) is 0 Å². The molecule has 4 N–H and O–H groups in total. The van der Waals surface area contributed by atoms with E-state index in [9.17, 15) is 4.79 Å². The monoisotopic (exact) mass is 347 g/mol. The van der Waals surface area contributed by atoms with Gasteiger partial charge in [0.25, 0.3) is 0 Å². The maximum Gasteiger partial charge on any atom is 0.323 e. The highest BCUT2D eigenvalue weighted by atomic mass is 79.9. The van der Waals surface area contributed by atoms with Crippen LogP contribution >= 0.6 is 15.9 Å². The van der Waals surface area contributed by atoms with Crippen LogP contribution in [0.3, 0.4) is 0 Å². The molecule has 0 aromatic heterocycles. The van der Waals surface area contributed by atoms with Crippen molar-refractivity contribution in [3.8, 4) is 0 Å². The maximum atomic E-state index is 12.0. The molecule has 4 nitrogen and oxygen atoms in total. The molecule has 0 saturated carbocycles. The number of amides is 2. The Morgan fingerprint density at radius 3 is 2.43 bits per heavy atom. The third-order valence-corrected chi connectivity index (χ3v) is 3.76. The van der Waals surface area contributed by atoms with Gasteiger partial charge in [-0.25, -0.2) is 4.79 Å². The average Bonchev–Trinajstić information content (AvgIpc) is 2.43. The summed E-state index contributed by atoms with van der Waals surface area (Å²) in [5.41, 5.74) is 9.36. The van der Waals surface area contributed by atoms with Gasteiger partial charge in [0.15, 0.2) is 0 Å². The number of anilines is 2. The van der Waals surface area contributed by atoms with E-state index in [4.69, 9.17) is 5.73 Å². The molecule has 5 heteroatoms. The number of carbonyl (C=O) groups excluding carboxylic acids is 1. The molecule has 0 bridgehead atoms. The number of hydrogen-bond donors (Lipinski definition) is 3. The second-order valence-electron chi connectivity index (χ2n) is 4.97. The Kier molecular flexibility index (Phi) is 4.98. The quantitative estimate of drug-likeness (QED) is 0.769. The summed E-state index contributed by atoms with van der Waals surface area (Å²) in [5.74, 6) is 0. The zero-order valence-corrected chi connectivity index (χ0v) is 13.6. The number of nitrogens with two attached hydrogens (primary N) is 1. The second-order valence-corrected chi connectivity index (χ2v) is 5.83. The van der Waals surface area contributed by atoms with E-state index in [0.29, 0.717) is 0 Å². The first-order valence-electron chi connectivity index (χ1n) is 6.65. The van der Waals surface area contributed by atoms with Gasteiger partial charge >= 0.3 is 6.03 Å². The Morgan fingerprint density at radius 2 is 1.81 bits per heavy atom. The van der Waals surface area contributed by atoms with E-state index in [1.54, 1.807) is 0 Å². The first kappa shape index (κ1) is 15.5. The van der Waals surface area contributed by atoms with Crippen molar-refractivity contribution >= 4 is 33.3 Å². The first-order valence-corrected chi connectivity index (χ1v) is 7.44. The van der Waals surface area contributed by atoms with Crippen LogP contribution in [-0.4, -0.2) is 6.03 Å². The normalized spacial score (nSPS) is 11.8. The van der Waals surface area contributed by atoms with Gasteiger partial charge in [0.2, 0.25) is 0 Å². The predicted molar refractivity (Wildman–Crippen MR) is 90.6 cm³/mol. The highest BCUT2D eigenvalue weighted by molar-refractivity contribution is 9.10. The highest BCUT2D eigenvalue weighted by Crippen LogP contribution is 2.23. The summed E-state index contributed by atoms with van der Waals surface area (Å²) >= 11 is 3.41. The van der Waals surface area contributed by atoms with E-state index >= 15 is 0 Å². The van der Waals surface area contributed by atoms with Gasteiger partial charge in [0, 0.05) is 16.2 Å². The number of halogens is 1. The van der Waals surface area contributed by atoms with Crippen LogP contribution in [0, 0.1) is 6.92 Å². The van der Waals surface area contributed by atoms with Crippen molar-refractivity contribution < 1.29 is 4.79 Å². The van der Waals surface area contributed by atoms with Crippen molar-refractivity contribution in [1.82, 2.24) is 0 Å². The number of benzene rings is 2. The van der Waals surface area contributed by atoms with E-state index in [1.165, 1.54) is 0 Å². The van der Waals surface area contributed by atoms with Crippen LogP contribution in [-0.2, 0) is 0 Å². The molecule has 2 amide bonds. The van der Waals surface area contributed by atoms with Crippen LogP contribution in [0.25, 0.3) is 0 Å². The van der Waals surface area contributed by atoms with Gasteiger partial charge in [-0.1, -0.05) is 18.2 Å². The Bertz CT molecular complexity index is 638. The highest BCUT2D eigenvalue weighted by Gasteiger charge is 2.06. The largest absolute Gasteiger partial charge is 0.324 e. The summed E-state index contributed by atoms with van der Waals surface area (Å²) in [5, 5.41) is 5.61. The average molecular weight is 348 g/mol.